The van der Waals surface area contributed by atoms with Crippen molar-refractivity contribution >= 4 is 5.97 Å². The first-order chi connectivity index (χ1) is 8.78. The van der Waals surface area contributed by atoms with E-state index in [2.05, 4.69) is 14.5 Å². The molecule has 0 fully saturated rings. The predicted octanol–water partition coefficient (Wildman–Crippen LogP) is 1.46. The van der Waals surface area contributed by atoms with Crippen molar-refractivity contribution < 1.29 is 27.4 Å². The molecule has 1 aromatic rings. The molecule has 0 aliphatic rings. The molecule has 0 aliphatic heterocycles. The van der Waals surface area contributed by atoms with Gasteiger partial charge in [-0.1, -0.05) is 0 Å². The minimum atomic E-state index is -4.83. The van der Waals surface area contributed by atoms with Gasteiger partial charge in [-0.3, -0.25) is 9.78 Å². The molecule has 0 saturated heterocycles. The zero-order chi connectivity index (χ0) is 14.6. The van der Waals surface area contributed by atoms with Gasteiger partial charge in [-0.15, -0.1) is 13.2 Å². The Morgan fingerprint density at radius 2 is 2.11 bits per heavy atom. The van der Waals surface area contributed by atoms with Gasteiger partial charge in [-0.2, -0.15) is 0 Å². The van der Waals surface area contributed by atoms with Crippen LogP contribution in [0.2, 0.25) is 0 Å². The van der Waals surface area contributed by atoms with Crippen LogP contribution in [0.5, 0.6) is 5.75 Å². The van der Waals surface area contributed by atoms with Crippen molar-refractivity contribution in [3.05, 3.63) is 23.0 Å². The average molecular weight is 278 g/mol. The van der Waals surface area contributed by atoms with Crippen LogP contribution in [0.3, 0.4) is 0 Å². The average Bonchev–Trinajstić information content (AvgIpc) is 2.32. The van der Waals surface area contributed by atoms with E-state index in [1.54, 1.807) is 0 Å². The van der Waals surface area contributed by atoms with E-state index in [-0.39, 0.29) is 29.8 Å². The number of nitrogens with two attached hydrogens (primary N) is 1. The number of pyridine rings is 1. The van der Waals surface area contributed by atoms with Gasteiger partial charge in [0, 0.05) is 23.9 Å². The van der Waals surface area contributed by atoms with Crippen molar-refractivity contribution in [3.63, 3.8) is 0 Å². The molecule has 19 heavy (non-hydrogen) atoms. The fourth-order valence-electron chi connectivity index (χ4n) is 1.47. The van der Waals surface area contributed by atoms with E-state index < -0.39 is 18.1 Å². The van der Waals surface area contributed by atoms with Crippen molar-refractivity contribution in [1.82, 2.24) is 4.98 Å². The first-order valence-electron chi connectivity index (χ1n) is 5.28. The summed E-state index contributed by atoms with van der Waals surface area (Å²) in [6.45, 7) is 1.23. The second kappa shape index (κ2) is 5.87. The predicted molar refractivity (Wildman–Crippen MR) is 59.3 cm³/mol. The zero-order valence-corrected chi connectivity index (χ0v) is 10.4. The third-order valence-corrected chi connectivity index (χ3v) is 2.42. The molecule has 0 unspecified atom stereocenters. The number of alkyl halides is 3. The van der Waals surface area contributed by atoms with Gasteiger partial charge < -0.3 is 15.2 Å². The lowest BCUT2D eigenvalue weighted by Crippen LogP contribution is -2.21. The van der Waals surface area contributed by atoms with E-state index >= 15 is 0 Å². The van der Waals surface area contributed by atoms with Crippen LogP contribution in [0, 0.1) is 6.92 Å². The Balaban J connectivity index is 3.18. The van der Waals surface area contributed by atoms with Crippen molar-refractivity contribution in [1.29, 1.82) is 0 Å². The van der Waals surface area contributed by atoms with Gasteiger partial charge in [0.15, 0.2) is 0 Å². The second-order valence-electron chi connectivity index (χ2n) is 3.69. The number of ether oxygens (including phenoxy) is 2. The van der Waals surface area contributed by atoms with E-state index in [1.165, 1.54) is 14.0 Å². The summed E-state index contributed by atoms with van der Waals surface area (Å²) in [5, 5.41) is 0. The number of hydrogen-bond donors (Lipinski definition) is 1. The fourth-order valence-corrected chi connectivity index (χ4v) is 1.47. The number of halogens is 3. The third-order valence-electron chi connectivity index (χ3n) is 2.42. The summed E-state index contributed by atoms with van der Waals surface area (Å²) in [5.74, 6) is -1.02. The molecule has 1 aromatic heterocycles. The molecular weight excluding hydrogens is 265 g/mol. The van der Waals surface area contributed by atoms with E-state index in [9.17, 15) is 18.0 Å². The zero-order valence-electron chi connectivity index (χ0n) is 10.4. The van der Waals surface area contributed by atoms with Crippen molar-refractivity contribution in [2.45, 2.75) is 26.3 Å². The van der Waals surface area contributed by atoms with Crippen LogP contribution in [0.1, 0.15) is 16.8 Å². The van der Waals surface area contributed by atoms with Crippen LogP contribution >= 0.6 is 0 Å². The number of aromatic nitrogens is 1. The number of esters is 1. The number of nitrogens with zero attached hydrogens (tertiary/aromatic N) is 1. The minimum absolute atomic E-state index is 0.114. The van der Waals surface area contributed by atoms with Gasteiger partial charge in [-0.25, -0.2) is 0 Å². The SMILES string of the molecule is COC(=O)Cc1ncc(CN)c(OC(F)(F)F)c1C. The minimum Gasteiger partial charge on any atom is -0.469 e. The Morgan fingerprint density at radius 1 is 1.47 bits per heavy atom. The molecule has 8 heteroatoms. The highest BCUT2D eigenvalue weighted by molar-refractivity contribution is 5.72. The lowest BCUT2D eigenvalue weighted by atomic mass is 10.1. The Morgan fingerprint density at radius 3 is 2.58 bits per heavy atom. The molecular formula is C11H13F3N2O3. The number of carbonyl (C=O) groups is 1. The highest BCUT2D eigenvalue weighted by Gasteiger charge is 2.33. The topological polar surface area (TPSA) is 74.4 Å². The van der Waals surface area contributed by atoms with E-state index in [0.29, 0.717) is 0 Å². The first-order valence-corrected chi connectivity index (χ1v) is 5.28. The van der Waals surface area contributed by atoms with Gasteiger partial charge in [-0.05, 0) is 6.92 Å². The molecule has 0 aliphatic carbocycles. The molecule has 0 radical (unpaired) electrons. The molecule has 0 saturated carbocycles. The van der Waals surface area contributed by atoms with Gasteiger partial charge in [0.1, 0.15) is 5.75 Å². The summed E-state index contributed by atoms with van der Waals surface area (Å²) in [7, 11) is 1.18. The lowest BCUT2D eigenvalue weighted by Gasteiger charge is -2.16. The number of carbonyl (C=O) groups excluding carboxylic acids is 1. The number of methoxy groups -OCH3 is 1. The summed E-state index contributed by atoms with van der Waals surface area (Å²) in [6, 6.07) is 0. The summed E-state index contributed by atoms with van der Waals surface area (Å²) in [4.78, 5) is 15.0. The maximum atomic E-state index is 12.3. The maximum absolute atomic E-state index is 12.3. The largest absolute Gasteiger partial charge is 0.573 e. The Hall–Kier alpha value is -1.83. The fraction of sp³-hybridized carbons (Fsp3) is 0.455. The van der Waals surface area contributed by atoms with Crippen molar-refractivity contribution in [2.75, 3.05) is 7.11 Å². The van der Waals surface area contributed by atoms with Crippen LogP contribution in [0.15, 0.2) is 6.20 Å². The van der Waals surface area contributed by atoms with E-state index in [4.69, 9.17) is 5.73 Å². The summed E-state index contributed by atoms with van der Waals surface area (Å²) in [5.41, 5.74) is 5.72. The van der Waals surface area contributed by atoms with Gasteiger partial charge in [0.05, 0.1) is 19.2 Å². The molecule has 0 amide bonds. The van der Waals surface area contributed by atoms with Gasteiger partial charge in [0.2, 0.25) is 0 Å². The highest BCUT2D eigenvalue weighted by Crippen LogP contribution is 2.30. The maximum Gasteiger partial charge on any atom is 0.573 e. The van der Waals surface area contributed by atoms with Crippen molar-refractivity contribution in [2.24, 2.45) is 5.73 Å². The summed E-state index contributed by atoms with van der Waals surface area (Å²) < 4.78 is 45.3. The number of hydrogen-bond acceptors (Lipinski definition) is 5. The molecule has 106 valence electrons. The van der Waals surface area contributed by atoms with E-state index in [0.717, 1.165) is 6.20 Å². The molecule has 5 nitrogen and oxygen atoms in total. The van der Waals surface area contributed by atoms with Crippen LogP contribution in [-0.2, 0) is 22.5 Å². The smallest absolute Gasteiger partial charge is 0.469 e. The van der Waals surface area contributed by atoms with Gasteiger partial charge >= 0.3 is 12.3 Å². The molecule has 2 N–H and O–H groups in total. The molecule has 0 bridgehead atoms. The van der Waals surface area contributed by atoms with Crippen LogP contribution < -0.4 is 10.5 Å². The van der Waals surface area contributed by atoms with Crippen LogP contribution in [0.4, 0.5) is 13.2 Å². The van der Waals surface area contributed by atoms with Crippen LogP contribution in [-0.4, -0.2) is 24.4 Å². The molecule has 0 spiro atoms. The second-order valence-corrected chi connectivity index (χ2v) is 3.69. The Bertz CT molecular complexity index is 475. The third kappa shape index (κ3) is 4.09. The molecule has 0 aromatic carbocycles. The summed E-state index contributed by atoms with van der Waals surface area (Å²) >= 11 is 0. The molecule has 0 atom stereocenters. The van der Waals surface area contributed by atoms with Crippen LogP contribution in [0.25, 0.3) is 0 Å². The lowest BCUT2D eigenvalue weighted by molar-refractivity contribution is -0.275. The first kappa shape index (κ1) is 15.2. The van der Waals surface area contributed by atoms with E-state index in [1.807, 2.05) is 0 Å². The van der Waals surface area contributed by atoms with Crippen molar-refractivity contribution in [3.8, 4) is 5.75 Å². The normalized spacial score (nSPS) is 11.3. The molecule has 1 rings (SSSR count). The van der Waals surface area contributed by atoms with Gasteiger partial charge in [0.25, 0.3) is 0 Å². The Kier molecular flexibility index (Phi) is 4.71. The monoisotopic (exact) mass is 278 g/mol. The molecule has 1 heterocycles. The standard InChI is InChI=1S/C11H13F3N2O3/c1-6-8(3-9(17)18-2)16-5-7(4-15)10(6)19-11(12,13)14/h5H,3-4,15H2,1-2H3. The quantitative estimate of drug-likeness (QED) is 0.844. The number of rotatable bonds is 4. The summed E-state index contributed by atoms with van der Waals surface area (Å²) in [6.07, 6.45) is -3.91. The Labute approximate surface area is 107 Å². The highest BCUT2D eigenvalue weighted by atomic mass is 19.4.